The highest BCUT2D eigenvalue weighted by molar-refractivity contribution is 5.87. The number of carbonyl (C=O) groups excluding carboxylic acids is 3. The van der Waals surface area contributed by atoms with Gasteiger partial charge >= 0.3 is 6.09 Å². The van der Waals surface area contributed by atoms with Gasteiger partial charge in [-0.1, -0.05) is 41.5 Å². The van der Waals surface area contributed by atoms with Gasteiger partial charge in [-0.3, -0.25) is 9.59 Å². The third kappa shape index (κ3) is 9.03. The highest BCUT2D eigenvalue weighted by Gasteiger charge is 2.41. The Labute approximate surface area is 209 Å². The molecule has 0 bridgehead atoms. The number of hydrogen-bond donors (Lipinski definition) is 2. The van der Waals surface area contributed by atoms with Gasteiger partial charge in [-0.15, -0.1) is 0 Å². The van der Waals surface area contributed by atoms with Crippen LogP contribution in [0.4, 0.5) is 4.79 Å². The molecule has 10 nitrogen and oxygen atoms in total. The molecule has 196 valence electrons. The summed E-state index contributed by atoms with van der Waals surface area (Å²) < 4.78 is 5.21. The lowest BCUT2D eigenvalue weighted by Crippen LogP contribution is -2.60. The van der Waals surface area contributed by atoms with E-state index in [-0.39, 0.29) is 29.1 Å². The number of alkyl carbamates (subject to hydrolysis) is 1. The van der Waals surface area contributed by atoms with Crippen molar-refractivity contribution in [2.75, 3.05) is 26.2 Å². The van der Waals surface area contributed by atoms with Gasteiger partial charge in [0.1, 0.15) is 11.6 Å². The first-order chi connectivity index (χ1) is 15.8. The van der Waals surface area contributed by atoms with Crippen molar-refractivity contribution in [3.05, 3.63) is 0 Å². The standard InChI is InChI=1S/C15H25N3O3.C10H17N3O/c1-14(2,3)11(17-13(20)21-15(4,5)6)12(19)18-8-10(7-16)9-18;1-10(2,3)8(12)9(14)13-5-7(4-11)6-13/h10-11H,8-9H2,1-6H3,(H,17,20);7-8H,5-6,12H2,1-3H3/t11-;8-/m00/s1. The first kappa shape index (κ1) is 30.2. The monoisotopic (exact) mass is 490 g/mol. The molecular formula is C25H42N6O4. The molecule has 0 aromatic carbocycles. The van der Waals surface area contributed by atoms with Gasteiger partial charge in [-0.05, 0) is 31.6 Å². The van der Waals surface area contributed by atoms with Gasteiger partial charge in [-0.25, -0.2) is 4.79 Å². The molecule has 3 amide bonds. The third-order valence-electron chi connectivity index (χ3n) is 5.72. The molecule has 0 aliphatic carbocycles. The molecule has 2 aliphatic rings. The lowest BCUT2D eigenvalue weighted by Gasteiger charge is -2.41. The van der Waals surface area contributed by atoms with E-state index >= 15 is 0 Å². The SMILES string of the molecule is CC(C)(C)OC(=O)N[C@@H](C(=O)N1CC(C#N)C1)C(C)(C)C.CC(C)(C)[C@@H](N)C(=O)N1CC(C#N)C1. The number of amides is 3. The summed E-state index contributed by atoms with van der Waals surface area (Å²) in [5.41, 5.74) is 4.55. The van der Waals surface area contributed by atoms with Crippen LogP contribution in [0.1, 0.15) is 62.3 Å². The van der Waals surface area contributed by atoms with Gasteiger partial charge in [0.05, 0.1) is 30.0 Å². The normalized spacial score (nSPS) is 18.4. The molecule has 0 aromatic rings. The predicted molar refractivity (Wildman–Crippen MR) is 131 cm³/mol. The van der Waals surface area contributed by atoms with E-state index in [4.69, 9.17) is 21.0 Å². The van der Waals surface area contributed by atoms with E-state index in [1.54, 1.807) is 30.6 Å². The predicted octanol–water partition coefficient (Wildman–Crippen LogP) is 2.25. The van der Waals surface area contributed by atoms with Crippen molar-refractivity contribution in [2.45, 2.75) is 80.0 Å². The highest BCUT2D eigenvalue weighted by atomic mass is 16.6. The second-order valence-electron chi connectivity index (χ2n) is 12.4. The van der Waals surface area contributed by atoms with Crippen molar-refractivity contribution in [1.82, 2.24) is 15.1 Å². The number of nitrogens with one attached hydrogen (secondary N) is 1. The number of likely N-dealkylation sites (tertiary alicyclic amines) is 2. The molecule has 2 heterocycles. The van der Waals surface area contributed by atoms with Gasteiger partial charge in [0, 0.05) is 26.2 Å². The molecule has 2 fully saturated rings. The Bertz CT molecular complexity index is 857. The minimum atomic E-state index is -0.674. The Morgan fingerprint density at radius 2 is 1.23 bits per heavy atom. The van der Waals surface area contributed by atoms with Gasteiger partial charge in [0.2, 0.25) is 11.8 Å². The summed E-state index contributed by atoms with van der Waals surface area (Å²) in [5, 5.41) is 20.0. The molecule has 35 heavy (non-hydrogen) atoms. The van der Waals surface area contributed by atoms with E-state index < -0.39 is 29.2 Å². The molecule has 2 atom stereocenters. The van der Waals surface area contributed by atoms with E-state index in [0.29, 0.717) is 26.2 Å². The highest BCUT2D eigenvalue weighted by Crippen LogP contribution is 2.25. The van der Waals surface area contributed by atoms with Crippen LogP contribution in [0.5, 0.6) is 0 Å². The molecular weight excluding hydrogens is 448 g/mol. The number of nitrogens with two attached hydrogens (primary N) is 1. The molecule has 0 unspecified atom stereocenters. The maximum absolute atomic E-state index is 12.5. The van der Waals surface area contributed by atoms with Crippen LogP contribution in [0.3, 0.4) is 0 Å². The molecule has 2 saturated heterocycles. The summed E-state index contributed by atoms with van der Waals surface area (Å²) in [5.74, 6) is -0.300. The Kier molecular flexibility index (Phi) is 9.71. The van der Waals surface area contributed by atoms with E-state index in [9.17, 15) is 14.4 Å². The van der Waals surface area contributed by atoms with Crippen LogP contribution in [0, 0.1) is 45.3 Å². The smallest absolute Gasteiger partial charge is 0.408 e. The molecule has 3 N–H and O–H groups in total. The zero-order valence-corrected chi connectivity index (χ0v) is 22.6. The van der Waals surface area contributed by atoms with E-state index in [1.807, 2.05) is 41.5 Å². The molecule has 2 aliphatic heterocycles. The average Bonchev–Trinajstić information content (AvgIpc) is 2.61. The molecule has 0 radical (unpaired) electrons. The second-order valence-corrected chi connectivity index (χ2v) is 12.4. The third-order valence-corrected chi connectivity index (χ3v) is 5.72. The second kappa shape index (κ2) is 11.3. The van der Waals surface area contributed by atoms with Gasteiger partial charge in [0.15, 0.2) is 0 Å². The Morgan fingerprint density at radius 3 is 1.54 bits per heavy atom. The van der Waals surface area contributed by atoms with Gasteiger partial charge in [0.25, 0.3) is 0 Å². The van der Waals surface area contributed by atoms with Crippen molar-refractivity contribution in [2.24, 2.45) is 28.4 Å². The van der Waals surface area contributed by atoms with E-state index in [1.165, 1.54) is 0 Å². The fourth-order valence-electron chi connectivity index (χ4n) is 3.30. The number of hydrogen-bond acceptors (Lipinski definition) is 7. The average molecular weight is 491 g/mol. The van der Waals surface area contributed by atoms with Crippen LogP contribution in [-0.4, -0.2) is 71.6 Å². The quantitative estimate of drug-likeness (QED) is 0.615. The summed E-state index contributed by atoms with van der Waals surface area (Å²) in [6.07, 6.45) is -0.604. The van der Waals surface area contributed by atoms with Crippen LogP contribution in [0.25, 0.3) is 0 Å². The van der Waals surface area contributed by atoms with Crippen molar-refractivity contribution in [3.8, 4) is 12.1 Å². The van der Waals surface area contributed by atoms with Crippen molar-refractivity contribution >= 4 is 17.9 Å². The van der Waals surface area contributed by atoms with Gasteiger partial charge < -0.3 is 25.6 Å². The maximum atomic E-state index is 12.5. The summed E-state index contributed by atoms with van der Waals surface area (Å²) in [6, 6.07) is 3.11. The minimum Gasteiger partial charge on any atom is -0.444 e. The lowest BCUT2D eigenvalue weighted by atomic mass is 9.84. The molecule has 0 saturated carbocycles. The molecule has 0 spiro atoms. The van der Waals surface area contributed by atoms with E-state index in [2.05, 4.69) is 17.5 Å². The Hall–Kier alpha value is -2.85. The maximum Gasteiger partial charge on any atom is 0.408 e. The van der Waals surface area contributed by atoms with Crippen molar-refractivity contribution in [1.29, 1.82) is 10.5 Å². The first-order valence-electron chi connectivity index (χ1n) is 11.9. The summed E-state index contributed by atoms with van der Waals surface area (Å²) >= 11 is 0. The van der Waals surface area contributed by atoms with Crippen molar-refractivity contribution < 1.29 is 19.1 Å². The Morgan fingerprint density at radius 1 is 0.829 bits per heavy atom. The van der Waals surface area contributed by atoms with Crippen LogP contribution in [-0.2, 0) is 14.3 Å². The van der Waals surface area contributed by atoms with Gasteiger partial charge in [-0.2, -0.15) is 10.5 Å². The zero-order valence-electron chi connectivity index (χ0n) is 22.6. The fraction of sp³-hybridized carbons (Fsp3) is 0.800. The van der Waals surface area contributed by atoms with Crippen LogP contribution >= 0.6 is 0 Å². The number of rotatable bonds is 3. The molecule has 0 aromatic heterocycles. The van der Waals surface area contributed by atoms with E-state index in [0.717, 1.165) is 0 Å². The number of ether oxygens (including phenoxy) is 1. The first-order valence-corrected chi connectivity index (χ1v) is 11.9. The fourth-order valence-corrected chi connectivity index (χ4v) is 3.30. The Balaban J connectivity index is 0.000000379. The van der Waals surface area contributed by atoms with Crippen LogP contribution < -0.4 is 11.1 Å². The van der Waals surface area contributed by atoms with Crippen molar-refractivity contribution in [3.63, 3.8) is 0 Å². The van der Waals surface area contributed by atoms with Crippen LogP contribution in [0.2, 0.25) is 0 Å². The summed E-state index contributed by atoms with van der Waals surface area (Å²) in [7, 11) is 0. The number of carbonyl (C=O) groups is 3. The zero-order chi connectivity index (χ0) is 27.4. The minimum absolute atomic E-state index is 0.00567. The lowest BCUT2D eigenvalue weighted by molar-refractivity contribution is -0.141. The van der Waals surface area contributed by atoms with Crippen LogP contribution in [0.15, 0.2) is 0 Å². The molecule has 10 heteroatoms. The molecule has 2 rings (SSSR count). The number of nitriles is 2. The number of nitrogens with zero attached hydrogens (tertiary/aromatic N) is 4. The summed E-state index contributed by atoms with van der Waals surface area (Å²) in [6.45, 7) is 18.7. The summed E-state index contributed by atoms with van der Waals surface area (Å²) in [4.78, 5) is 39.4. The topological polar surface area (TPSA) is 153 Å². The largest absolute Gasteiger partial charge is 0.444 e.